The number of esters is 1. The van der Waals surface area contributed by atoms with E-state index in [2.05, 4.69) is 20.9 Å². The number of terminal acetylenes is 1. The van der Waals surface area contributed by atoms with Crippen molar-refractivity contribution in [2.75, 3.05) is 25.4 Å². The first-order valence-corrected chi connectivity index (χ1v) is 10.3. The summed E-state index contributed by atoms with van der Waals surface area (Å²) in [7, 11) is 0. The zero-order valence-corrected chi connectivity index (χ0v) is 18.0. The van der Waals surface area contributed by atoms with E-state index in [1.165, 1.54) is 17.2 Å². The molecule has 0 spiro atoms. The van der Waals surface area contributed by atoms with Gasteiger partial charge in [-0.1, -0.05) is 5.92 Å². The van der Waals surface area contributed by atoms with Crippen LogP contribution in [0.3, 0.4) is 0 Å². The molecule has 0 bridgehead atoms. The number of nitrogens with two attached hydrogens (primary N) is 2. The minimum atomic E-state index is -1.24. The molecule has 3 rings (SSSR count). The summed E-state index contributed by atoms with van der Waals surface area (Å²) in [6.45, 7) is 4.35. The average Bonchev–Trinajstić information content (AvgIpc) is 3.33. The SMILES string of the molecule is C#CC(C)N(CC[C@H](N)C(=O)OCC)C[C@H]1O[C@@H](n2cnc3c(N)ncnc32)[C@H](O)[C@@H]1O. The third kappa shape index (κ3) is 4.82. The summed E-state index contributed by atoms with van der Waals surface area (Å²) < 4.78 is 12.4. The Morgan fingerprint density at radius 3 is 2.84 bits per heavy atom. The molecule has 1 saturated heterocycles. The molecule has 12 nitrogen and oxygen atoms in total. The lowest BCUT2D eigenvalue weighted by atomic mass is 10.1. The summed E-state index contributed by atoms with van der Waals surface area (Å²) in [6, 6.07) is -1.12. The van der Waals surface area contributed by atoms with Crippen LogP contribution in [0.1, 0.15) is 26.5 Å². The summed E-state index contributed by atoms with van der Waals surface area (Å²) in [4.78, 5) is 25.9. The van der Waals surface area contributed by atoms with E-state index in [0.29, 0.717) is 24.1 Å². The minimum absolute atomic E-state index is 0.199. The lowest BCUT2D eigenvalue weighted by Crippen LogP contribution is -2.45. The Hall–Kier alpha value is -2.82. The number of ether oxygens (including phenoxy) is 2. The molecule has 1 unspecified atom stereocenters. The van der Waals surface area contributed by atoms with Crippen molar-refractivity contribution in [2.45, 2.75) is 56.9 Å². The van der Waals surface area contributed by atoms with E-state index in [1.54, 1.807) is 6.92 Å². The number of hydrogen-bond donors (Lipinski definition) is 4. The summed E-state index contributed by atoms with van der Waals surface area (Å²) in [5.74, 6) is 2.35. The smallest absolute Gasteiger partial charge is 0.322 e. The first-order chi connectivity index (χ1) is 15.3. The number of rotatable bonds is 9. The Kier molecular flexibility index (Phi) is 7.60. The fourth-order valence-electron chi connectivity index (χ4n) is 3.62. The number of carbonyl (C=O) groups is 1. The maximum Gasteiger partial charge on any atom is 0.322 e. The highest BCUT2D eigenvalue weighted by molar-refractivity contribution is 5.81. The molecular weight excluding hydrogens is 418 g/mol. The molecule has 0 aromatic carbocycles. The normalized spacial score (nSPS) is 25.0. The van der Waals surface area contributed by atoms with Crippen LogP contribution in [0.25, 0.3) is 11.2 Å². The maximum absolute atomic E-state index is 11.8. The first-order valence-electron chi connectivity index (χ1n) is 10.3. The van der Waals surface area contributed by atoms with Crippen LogP contribution in [-0.2, 0) is 14.3 Å². The number of nitrogens with zero attached hydrogens (tertiary/aromatic N) is 5. The molecule has 1 aliphatic heterocycles. The van der Waals surface area contributed by atoms with E-state index >= 15 is 0 Å². The van der Waals surface area contributed by atoms with Crippen LogP contribution in [0, 0.1) is 12.3 Å². The fourth-order valence-corrected chi connectivity index (χ4v) is 3.62. The molecule has 1 aliphatic rings. The van der Waals surface area contributed by atoms with Crippen molar-refractivity contribution in [3.63, 3.8) is 0 Å². The molecule has 6 N–H and O–H groups in total. The predicted octanol–water partition coefficient (Wildman–Crippen LogP) is -1.37. The van der Waals surface area contributed by atoms with Gasteiger partial charge in [-0.25, -0.2) is 15.0 Å². The number of aromatic nitrogens is 4. The van der Waals surface area contributed by atoms with Crippen LogP contribution in [-0.4, -0.2) is 90.7 Å². The summed E-state index contributed by atoms with van der Waals surface area (Å²) in [5, 5.41) is 21.3. The van der Waals surface area contributed by atoms with Gasteiger partial charge in [-0.3, -0.25) is 14.3 Å². The molecule has 3 heterocycles. The molecule has 0 aliphatic carbocycles. The highest BCUT2D eigenvalue weighted by Gasteiger charge is 2.45. The maximum atomic E-state index is 11.8. The molecule has 32 heavy (non-hydrogen) atoms. The van der Waals surface area contributed by atoms with Gasteiger partial charge in [0, 0.05) is 13.1 Å². The second-order valence-electron chi connectivity index (χ2n) is 7.61. The van der Waals surface area contributed by atoms with E-state index in [-0.39, 0.29) is 25.0 Å². The van der Waals surface area contributed by atoms with Crippen molar-refractivity contribution in [3.05, 3.63) is 12.7 Å². The third-order valence-corrected chi connectivity index (χ3v) is 5.52. The minimum Gasteiger partial charge on any atom is -0.465 e. The summed E-state index contributed by atoms with van der Waals surface area (Å²) in [6.07, 6.45) is 4.50. The molecular formula is C20H29N7O5. The van der Waals surface area contributed by atoms with Crippen LogP contribution in [0.4, 0.5) is 5.82 Å². The monoisotopic (exact) mass is 447 g/mol. The number of imidazole rings is 1. The highest BCUT2D eigenvalue weighted by Crippen LogP contribution is 2.32. The largest absolute Gasteiger partial charge is 0.465 e. The lowest BCUT2D eigenvalue weighted by Gasteiger charge is -2.30. The molecule has 6 atom stereocenters. The van der Waals surface area contributed by atoms with Gasteiger partial charge in [-0.15, -0.1) is 6.42 Å². The van der Waals surface area contributed by atoms with E-state index in [4.69, 9.17) is 27.4 Å². The lowest BCUT2D eigenvalue weighted by molar-refractivity contribution is -0.145. The molecule has 12 heteroatoms. The molecule has 1 fully saturated rings. The Labute approximate surface area is 185 Å². The van der Waals surface area contributed by atoms with Gasteiger partial charge in [-0.05, 0) is 20.3 Å². The fraction of sp³-hybridized carbons (Fsp3) is 0.600. The second kappa shape index (κ2) is 10.2. The predicted molar refractivity (Wildman–Crippen MR) is 115 cm³/mol. The first kappa shape index (κ1) is 23.8. The standard InChI is InChI=1S/C20H29N7O5/c1-4-11(3)26(7-6-12(21)20(30)31-5-2)8-13-15(28)16(29)19(32-13)27-10-25-14-17(22)23-9-24-18(14)27/h1,9-13,15-16,19,28-29H,5-8,21H2,2-3H3,(H2,22,23,24)/t11?,12-,13+,15+,16+,19+/m0/s1. The zero-order valence-electron chi connectivity index (χ0n) is 18.0. The quantitative estimate of drug-likeness (QED) is 0.264. The van der Waals surface area contributed by atoms with E-state index in [1.807, 2.05) is 11.8 Å². The number of fused-ring (bicyclic) bond motifs is 1. The molecule has 0 saturated carbocycles. The number of hydrogen-bond acceptors (Lipinski definition) is 11. The molecule has 0 radical (unpaired) electrons. The van der Waals surface area contributed by atoms with Crippen LogP contribution in [0.5, 0.6) is 0 Å². The highest BCUT2D eigenvalue weighted by atomic mass is 16.6. The van der Waals surface area contributed by atoms with Gasteiger partial charge in [-0.2, -0.15) is 0 Å². The van der Waals surface area contributed by atoms with Crippen molar-refractivity contribution in [1.82, 2.24) is 24.4 Å². The second-order valence-corrected chi connectivity index (χ2v) is 7.61. The van der Waals surface area contributed by atoms with Gasteiger partial charge < -0.3 is 31.2 Å². The molecule has 2 aromatic rings. The average molecular weight is 447 g/mol. The van der Waals surface area contributed by atoms with E-state index < -0.39 is 36.6 Å². The van der Waals surface area contributed by atoms with Crippen molar-refractivity contribution in [3.8, 4) is 12.3 Å². The van der Waals surface area contributed by atoms with Crippen molar-refractivity contribution >= 4 is 23.0 Å². The Morgan fingerprint density at radius 1 is 1.41 bits per heavy atom. The van der Waals surface area contributed by atoms with Crippen LogP contribution in [0.15, 0.2) is 12.7 Å². The van der Waals surface area contributed by atoms with Crippen LogP contribution < -0.4 is 11.5 Å². The number of carbonyl (C=O) groups excluding carboxylic acids is 1. The number of nitrogen functional groups attached to an aromatic ring is 1. The van der Waals surface area contributed by atoms with Crippen LogP contribution >= 0.6 is 0 Å². The topological polar surface area (TPSA) is 175 Å². The Balaban J connectivity index is 1.72. The van der Waals surface area contributed by atoms with Crippen molar-refractivity contribution in [1.29, 1.82) is 0 Å². The Bertz CT molecular complexity index is 977. The van der Waals surface area contributed by atoms with Crippen LogP contribution in [0.2, 0.25) is 0 Å². The third-order valence-electron chi connectivity index (χ3n) is 5.52. The summed E-state index contributed by atoms with van der Waals surface area (Å²) in [5.41, 5.74) is 12.5. The Morgan fingerprint density at radius 2 is 2.16 bits per heavy atom. The zero-order chi connectivity index (χ0) is 23.4. The van der Waals surface area contributed by atoms with E-state index in [0.717, 1.165) is 0 Å². The number of aliphatic hydroxyl groups excluding tert-OH is 2. The molecule has 2 aromatic heterocycles. The van der Waals surface area contributed by atoms with Gasteiger partial charge in [0.25, 0.3) is 0 Å². The summed E-state index contributed by atoms with van der Waals surface area (Å²) >= 11 is 0. The van der Waals surface area contributed by atoms with Crippen molar-refractivity contribution in [2.24, 2.45) is 5.73 Å². The van der Waals surface area contributed by atoms with Gasteiger partial charge in [0.05, 0.1) is 19.0 Å². The van der Waals surface area contributed by atoms with Gasteiger partial charge in [0.1, 0.15) is 36.2 Å². The number of aliphatic hydroxyl groups is 2. The van der Waals surface area contributed by atoms with Gasteiger partial charge in [0.2, 0.25) is 0 Å². The molecule has 174 valence electrons. The van der Waals surface area contributed by atoms with Crippen molar-refractivity contribution < 1.29 is 24.5 Å². The van der Waals surface area contributed by atoms with Gasteiger partial charge in [0.15, 0.2) is 17.7 Å². The van der Waals surface area contributed by atoms with Gasteiger partial charge >= 0.3 is 5.97 Å². The van der Waals surface area contributed by atoms with E-state index in [9.17, 15) is 15.0 Å². The molecule has 0 amide bonds. The number of anilines is 1.